The number of hydrogen-bond acceptors (Lipinski definition) is 6. The van der Waals surface area contributed by atoms with Crippen LogP contribution in [0.3, 0.4) is 0 Å². The van der Waals surface area contributed by atoms with Crippen molar-refractivity contribution in [2.75, 3.05) is 12.4 Å². The number of nitrogens with two attached hydrogens (primary N) is 1. The fourth-order valence-electron chi connectivity index (χ4n) is 2.92. The average molecular weight is 366 g/mol. The molecule has 3 N–H and O–H groups in total. The molecule has 0 radical (unpaired) electrons. The van der Waals surface area contributed by atoms with E-state index >= 15 is 0 Å². The lowest BCUT2D eigenvalue weighted by atomic mass is 9.89. The second kappa shape index (κ2) is 8.02. The van der Waals surface area contributed by atoms with Crippen LogP contribution in [0.25, 0.3) is 10.7 Å². The summed E-state index contributed by atoms with van der Waals surface area (Å²) in [6, 6.07) is 3.90. The summed E-state index contributed by atoms with van der Waals surface area (Å²) in [7, 11) is 0. The van der Waals surface area contributed by atoms with Crippen molar-refractivity contribution in [3.05, 3.63) is 17.5 Å². The number of aromatic nitrogens is 3. The Balaban J connectivity index is 1.54. The first-order valence-corrected chi connectivity index (χ1v) is 10.1. The predicted molar refractivity (Wildman–Crippen MR) is 98.4 cm³/mol. The molecule has 0 unspecified atom stereocenters. The molecule has 0 saturated heterocycles. The molecule has 0 bridgehead atoms. The zero-order valence-electron chi connectivity index (χ0n) is 13.8. The number of amides is 1. The van der Waals surface area contributed by atoms with E-state index in [0.29, 0.717) is 16.9 Å². The molecule has 3 rings (SSSR count). The van der Waals surface area contributed by atoms with Crippen molar-refractivity contribution in [1.82, 2.24) is 20.2 Å². The highest BCUT2D eigenvalue weighted by Gasteiger charge is 2.21. The number of nitrogens with one attached hydrogen (secondary N) is 1. The van der Waals surface area contributed by atoms with E-state index in [1.807, 2.05) is 24.4 Å². The number of carbonyl (C=O) groups excluding carboxylic acids is 1. The van der Waals surface area contributed by atoms with Crippen molar-refractivity contribution in [3.63, 3.8) is 0 Å². The summed E-state index contributed by atoms with van der Waals surface area (Å²) in [5.41, 5.74) is 0. The lowest BCUT2D eigenvalue weighted by Crippen LogP contribution is -2.35. The number of nitrogen functional groups attached to an aromatic ring is 1. The first kappa shape index (κ1) is 17.3. The standard InChI is InChI=1S/C16H23N5OS2/c1-11(15(22)18-10-12-6-3-2-4-7-12)24-16-20-19-14(21(16)17)13-8-5-9-23-13/h5,8-9,11-12H,2-4,6-7,10,17H2,1H3,(H,18,22)/t11-/m1/s1. The molecule has 2 aromatic rings. The van der Waals surface area contributed by atoms with Crippen molar-refractivity contribution in [3.8, 4) is 10.7 Å². The molecule has 1 aliphatic carbocycles. The van der Waals surface area contributed by atoms with E-state index in [1.165, 1.54) is 48.5 Å². The molecule has 24 heavy (non-hydrogen) atoms. The van der Waals surface area contributed by atoms with Crippen LogP contribution in [0.2, 0.25) is 0 Å². The second-order valence-electron chi connectivity index (χ2n) is 6.16. The molecule has 0 spiro atoms. The minimum absolute atomic E-state index is 0.0336. The van der Waals surface area contributed by atoms with Gasteiger partial charge < -0.3 is 11.2 Å². The van der Waals surface area contributed by atoms with Crippen LogP contribution in [0.4, 0.5) is 0 Å². The van der Waals surface area contributed by atoms with Crippen LogP contribution in [0.1, 0.15) is 39.0 Å². The van der Waals surface area contributed by atoms with E-state index in [0.717, 1.165) is 11.4 Å². The first-order valence-electron chi connectivity index (χ1n) is 8.34. The minimum Gasteiger partial charge on any atom is -0.355 e. The Morgan fingerprint density at radius 3 is 2.96 bits per heavy atom. The molecule has 1 saturated carbocycles. The molecule has 0 aliphatic heterocycles. The minimum atomic E-state index is -0.253. The number of carbonyl (C=O) groups is 1. The maximum atomic E-state index is 12.3. The molecule has 1 fully saturated rings. The Kier molecular flexibility index (Phi) is 5.78. The molecule has 1 aliphatic rings. The van der Waals surface area contributed by atoms with Gasteiger partial charge in [-0.1, -0.05) is 37.1 Å². The van der Waals surface area contributed by atoms with Crippen molar-refractivity contribution in [1.29, 1.82) is 0 Å². The van der Waals surface area contributed by atoms with Crippen molar-refractivity contribution < 1.29 is 4.79 Å². The summed E-state index contributed by atoms with van der Waals surface area (Å²) in [6.45, 7) is 2.65. The monoisotopic (exact) mass is 365 g/mol. The van der Waals surface area contributed by atoms with E-state index in [4.69, 9.17) is 5.84 Å². The molecule has 2 heterocycles. The molecular formula is C16H23N5OS2. The number of hydrogen-bond donors (Lipinski definition) is 2. The van der Waals surface area contributed by atoms with E-state index < -0.39 is 0 Å². The lowest BCUT2D eigenvalue weighted by Gasteiger charge is -2.22. The summed E-state index contributed by atoms with van der Waals surface area (Å²) >= 11 is 2.90. The molecule has 1 atom stereocenters. The van der Waals surface area contributed by atoms with Gasteiger partial charge in [0.2, 0.25) is 11.1 Å². The number of thioether (sulfide) groups is 1. The topological polar surface area (TPSA) is 85.8 Å². The largest absolute Gasteiger partial charge is 0.355 e. The molecule has 8 heteroatoms. The zero-order valence-corrected chi connectivity index (χ0v) is 15.4. The Bertz CT molecular complexity index is 664. The van der Waals surface area contributed by atoms with Gasteiger partial charge in [-0.25, -0.2) is 4.68 Å². The van der Waals surface area contributed by atoms with E-state index in [9.17, 15) is 4.79 Å². The summed E-state index contributed by atoms with van der Waals surface area (Å²) < 4.78 is 1.46. The lowest BCUT2D eigenvalue weighted by molar-refractivity contribution is -0.120. The molecule has 130 valence electrons. The Labute approximate surface area is 150 Å². The van der Waals surface area contributed by atoms with Gasteiger partial charge in [-0.15, -0.1) is 21.5 Å². The maximum Gasteiger partial charge on any atom is 0.233 e. The number of nitrogens with zero attached hydrogens (tertiary/aromatic N) is 3. The van der Waals surface area contributed by atoms with Crippen LogP contribution in [0.5, 0.6) is 0 Å². The molecule has 1 amide bonds. The van der Waals surface area contributed by atoms with Crippen molar-refractivity contribution in [2.24, 2.45) is 5.92 Å². The third-order valence-corrected chi connectivity index (χ3v) is 6.27. The van der Waals surface area contributed by atoms with Gasteiger partial charge in [0.1, 0.15) is 0 Å². The van der Waals surface area contributed by atoms with Crippen LogP contribution in [-0.2, 0) is 4.79 Å². The highest BCUT2D eigenvalue weighted by Crippen LogP contribution is 2.27. The summed E-state index contributed by atoms with van der Waals surface area (Å²) in [5, 5.41) is 13.6. The zero-order chi connectivity index (χ0) is 16.9. The SMILES string of the molecule is C[C@@H](Sc1nnc(-c2cccs2)n1N)C(=O)NCC1CCCCC1. The normalized spacial score (nSPS) is 16.9. The highest BCUT2D eigenvalue weighted by molar-refractivity contribution is 8.00. The molecular weight excluding hydrogens is 342 g/mol. The van der Waals surface area contributed by atoms with E-state index in [2.05, 4.69) is 15.5 Å². The van der Waals surface area contributed by atoms with Crippen molar-refractivity contribution in [2.45, 2.75) is 49.4 Å². The summed E-state index contributed by atoms with van der Waals surface area (Å²) in [5.74, 6) is 7.37. The third-order valence-electron chi connectivity index (χ3n) is 4.35. The Hall–Kier alpha value is -1.54. The van der Waals surface area contributed by atoms with Gasteiger partial charge in [-0.3, -0.25) is 4.79 Å². The number of rotatable bonds is 6. The van der Waals surface area contributed by atoms with Gasteiger partial charge in [0.05, 0.1) is 10.1 Å². The Morgan fingerprint density at radius 1 is 1.46 bits per heavy atom. The quantitative estimate of drug-likeness (QED) is 0.607. The van der Waals surface area contributed by atoms with E-state index in [-0.39, 0.29) is 11.2 Å². The second-order valence-corrected chi connectivity index (χ2v) is 8.42. The predicted octanol–water partition coefficient (Wildman–Crippen LogP) is 2.90. The fourth-order valence-corrected chi connectivity index (χ4v) is 4.42. The van der Waals surface area contributed by atoms with Gasteiger partial charge in [0.25, 0.3) is 0 Å². The molecule has 0 aromatic carbocycles. The van der Waals surface area contributed by atoms with Crippen LogP contribution in [-0.4, -0.2) is 32.6 Å². The van der Waals surface area contributed by atoms with Gasteiger partial charge >= 0.3 is 0 Å². The summed E-state index contributed by atoms with van der Waals surface area (Å²) in [6.07, 6.45) is 6.35. The summed E-state index contributed by atoms with van der Waals surface area (Å²) in [4.78, 5) is 13.3. The van der Waals surface area contributed by atoms with Gasteiger partial charge in [0, 0.05) is 6.54 Å². The molecule has 6 nitrogen and oxygen atoms in total. The maximum absolute atomic E-state index is 12.3. The van der Waals surface area contributed by atoms with Crippen molar-refractivity contribution >= 4 is 29.0 Å². The Morgan fingerprint density at radius 2 is 2.25 bits per heavy atom. The smallest absolute Gasteiger partial charge is 0.233 e. The number of thiophene rings is 1. The van der Waals surface area contributed by atoms with Crippen LogP contribution >= 0.6 is 23.1 Å². The first-order chi connectivity index (χ1) is 11.6. The van der Waals surface area contributed by atoms with Crippen LogP contribution in [0.15, 0.2) is 22.7 Å². The van der Waals surface area contributed by atoms with Crippen LogP contribution < -0.4 is 11.2 Å². The third kappa shape index (κ3) is 4.10. The van der Waals surface area contributed by atoms with Gasteiger partial charge in [-0.05, 0) is 37.1 Å². The average Bonchev–Trinajstić information content (AvgIpc) is 3.24. The fraction of sp³-hybridized carbons (Fsp3) is 0.562. The van der Waals surface area contributed by atoms with Gasteiger partial charge in [0.15, 0.2) is 5.82 Å². The van der Waals surface area contributed by atoms with Crippen LogP contribution in [0, 0.1) is 5.92 Å². The van der Waals surface area contributed by atoms with E-state index in [1.54, 1.807) is 11.3 Å². The molecule has 2 aromatic heterocycles. The van der Waals surface area contributed by atoms with Gasteiger partial charge in [-0.2, -0.15) is 0 Å². The highest BCUT2D eigenvalue weighted by atomic mass is 32.2.